The molecule has 0 bridgehead atoms. The van der Waals surface area contributed by atoms with Crippen molar-refractivity contribution in [1.29, 1.82) is 0 Å². The summed E-state index contributed by atoms with van der Waals surface area (Å²) in [5.41, 5.74) is 25.1. The summed E-state index contributed by atoms with van der Waals surface area (Å²) in [4.78, 5) is 29.7. The third-order valence-corrected chi connectivity index (χ3v) is 30.4. The maximum Gasteiger partial charge on any atom is 0.164 e. The van der Waals surface area contributed by atoms with E-state index in [4.69, 9.17) is 29.9 Å². The van der Waals surface area contributed by atoms with Gasteiger partial charge in [-0.25, -0.2) is 29.9 Å². The van der Waals surface area contributed by atoms with Gasteiger partial charge in [-0.15, -0.1) is 34.0 Å². The third-order valence-electron chi connectivity index (χ3n) is 27.0. The van der Waals surface area contributed by atoms with Gasteiger partial charge in [0, 0.05) is 98.9 Å². The van der Waals surface area contributed by atoms with Gasteiger partial charge < -0.3 is 13.7 Å². The standard InChI is InChI=1S/C51H31N3S.C39H24N2S.C36H22N4S/c1-3-11-33(12-4-1)51-52-44-26-21-32-19-20-36-29-38(24-25-39(36)49(32)50(44)55-51)54-46-18-10-8-16-41(46)43-31-35(23-28-48(43)54)34-22-27-47-42(30-34)40-15-7-9-17-45(40)53(47)37-13-5-2-6-14-37;1-3-9-26(10-4-1)39-40-34-21-18-25-15-16-29-23-27(17-20-31(29)37(25)38(34)42-39)28-19-22-36-33(24-28)32-13-7-8-14-35(32)41(36)30-11-5-2-6-12-30;1-4-10-24(11-5-1)33-38-34(25-12-6-2-7-13-25)40-35(39-33)28-18-20-29-27(22-28)17-16-23-19-21-30-32(31(23)29)41-36(37-30)26-14-8-3-9-15-26/h1-31H;1-24H;1-22H. The Morgan fingerprint density at radius 3 is 0.783 bits per heavy atom. The molecule has 0 aliphatic heterocycles. The van der Waals surface area contributed by atoms with Crippen molar-refractivity contribution in [1.82, 2.24) is 43.6 Å². The van der Waals surface area contributed by atoms with E-state index in [0.29, 0.717) is 17.5 Å². The fourth-order valence-electron chi connectivity index (χ4n) is 20.5. The molecule has 0 amide bonds. The number of hydrogen-bond donors (Lipinski definition) is 0. The Kier molecular flexibility index (Phi) is 19.3. The topological polar surface area (TPSA) is 92.1 Å². The van der Waals surface area contributed by atoms with Gasteiger partial charge in [-0.3, -0.25) is 0 Å². The van der Waals surface area contributed by atoms with Gasteiger partial charge in [-0.1, -0.05) is 346 Å². The maximum absolute atomic E-state index is 5.05. The van der Waals surface area contributed by atoms with Crippen LogP contribution in [0.5, 0.6) is 0 Å². The van der Waals surface area contributed by atoms with E-state index in [1.54, 1.807) is 34.0 Å². The van der Waals surface area contributed by atoms with Crippen LogP contribution in [0.15, 0.2) is 467 Å². The Bertz CT molecular complexity index is 9850. The number of thiazole rings is 3. The minimum absolute atomic E-state index is 0.655. The summed E-state index contributed by atoms with van der Waals surface area (Å²) in [5, 5.41) is 25.5. The average molecular weight is 1810 g/mol. The molecule has 0 atom stereocenters. The fraction of sp³-hybridized carbons (Fsp3) is 0. The number of rotatable bonds is 11. The molecule has 0 fully saturated rings. The van der Waals surface area contributed by atoms with Crippen LogP contribution in [-0.4, -0.2) is 43.6 Å². The molecule has 138 heavy (non-hydrogen) atoms. The highest BCUT2D eigenvalue weighted by Crippen LogP contribution is 2.47. The van der Waals surface area contributed by atoms with Gasteiger partial charge in [-0.05, 0) is 192 Å². The van der Waals surface area contributed by atoms with Crippen LogP contribution in [0, 0.1) is 0 Å². The van der Waals surface area contributed by atoms with E-state index in [1.807, 2.05) is 66.7 Å². The van der Waals surface area contributed by atoms with Gasteiger partial charge in [0.2, 0.25) is 0 Å². The van der Waals surface area contributed by atoms with Gasteiger partial charge >= 0.3 is 0 Å². The van der Waals surface area contributed by atoms with E-state index >= 15 is 0 Å². The van der Waals surface area contributed by atoms with Crippen LogP contribution in [0.2, 0.25) is 0 Å². The van der Waals surface area contributed by atoms with Gasteiger partial charge in [-0.2, -0.15) is 0 Å². The van der Waals surface area contributed by atoms with E-state index in [0.717, 1.165) is 70.5 Å². The summed E-state index contributed by atoms with van der Waals surface area (Å²) in [5.74, 6) is 1.97. The molecule has 9 nitrogen and oxygen atoms in total. The molecule has 7 heterocycles. The second kappa shape index (κ2) is 33.3. The summed E-state index contributed by atoms with van der Waals surface area (Å²) in [7, 11) is 0. The zero-order chi connectivity index (χ0) is 90.8. The Morgan fingerprint density at radius 2 is 0.413 bits per heavy atom. The first-order valence-electron chi connectivity index (χ1n) is 46.4. The first-order valence-corrected chi connectivity index (χ1v) is 48.9. The van der Waals surface area contributed by atoms with E-state index in [2.05, 4.69) is 414 Å². The van der Waals surface area contributed by atoms with Crippen molar-refractivity contribution in [3.63, 3.8) is 0 Å². The van der Waals surface area contributed by atoms with Crippen LogP contribution in [0.25, 0.3) is 266 Å². The Labute approximate surface area is 804 Å². The number of benzene rings is 22. The molecular weight excluding hydrogens is 1740 g/mol. The Morgan fingerprint density at radius 1 is 0.152 bits per heavy atom. The normalized spacial score (nSPS) is 11.8. The average Bonchev–Trinajstić information content (AvgIpc) is 1.07. The maximum atomic E-state index is 5.05. The SMILES string of the molecule is c1ccc(-c2nc(-c3ccccc3)nc(-c3ccc4c(ccc5ccc6nc(-c7ccccc7)sc6c54)c3)n2)cc1.c1ccc(-c2nc3ccc4ccc5cc(-c6ccc7c(c6)c6ccccc6n7-c6ccccc6)ccc5c4c3s2)cc1.c1ccc(-c2nc3ccc4ccc5cc(-n6c7ccccc7c7cc(-c8ccc9c(c8)c8ccccc8n9-c8ccccc8)ccc76)ccc5c4c3s2)cc1. The molecule has 29 rings (SSSR count). The molecule has 0 aliphatic rings. The monoisotopic (exact) mass is 1810 g/mol. The van der Waals surface area contributed by atoms with E-state index in [-0.39, 0.29) is 0 Å². The molecule has 29 aromatic rings. The molecule has 0 aliphatic carbocycles. The molecule has 7 aromatic heterocycles. The highest BCUT2D eigenvalue weighted by Gasteiger charge is 2.23. The molecule has 0 unspecified atom stereocenters. The lowest BCUT2D eigenvalue weighted by molar-refractivity contribution is 1.07. The van der Waals surface area contributed by atoms with Crippen molar-refractivity contribution in [3.8, 4) is 105 Å². The zero-order valence-electron chi connectivity index (χ0n) is 74.2. The minimum Gasteiger partial charge on any atom is -0.309 e. The second-order valence-electron chi connectivity index (χ2n) is 35.1. The summed E-state index contributed by atoms with van der Waals surface area (Å²) >= 11 is 5.32. The van der Waals surface area contributed by atoms with Crippen LogP contribution in [-0.2, 0) is 0 Å². The molecule has 12 heteroatoms. The number of hydrogen-bond acceptors (Lipinski definition) is 9. The predicted molar refractivity (Wildman–Crippen MR) is 584 cm³/mol. The minimum atomic E-state index is 0.655. The van der Waals surface area contributed by atoms with Crippen molar-refractivity contribution in [3.05, 3.63) is 467 Å². The zero-order valence-corrected chi connectivity index (χ0v) is 76.7. The van der Waals surface area contributed by atoms with Crippen molar-refractivity contribution in [2.45, 2.75) is 0 Å². The molecule has 0 saturated carbocycles. The molecular formula is C126H77N9S3. The number of nitrogens with zero attached hydrogens (tertiary/aromatic N) is 9. The third kappa shape index (κ3) is 13.9. The Hall–Kier alpha value is -17.5. The smallest absolute Gasteiger partial charge is 0.164 e. The van der Waals surface area contributed by atoms with Gasteiger partial charge in [0.15, 0.2) is 17.5 Å². The van der Waals surface area contributed by atoms with Crippen LogP contribution in [0.3, 0.4) is 0 Å². The van der Waals surface area contributed by atoms with Crippen LogP contribution in [0.4, 0.5) is 0 Å². The predicted octanol–water partition coefficient (Wildman–Crippen LogP) is 34.6. The van der Waals surface area contributed by atoms with Gasteiger partial charge in [0.05, 0.1) is 63.8 Å². The van der Waals surface area contributed by atoms with Gasteiger partial charge in [0.25, 0.3) is 0 Å². The van der Waals surface area contributed by atoms with Crippen LogP contribution < -0.4 is 0 Å². The largest absolute Gasteiger partial charge is 0.309 e. The quantitative estimate of drug-likeness (QED) is 0.120. The number of fused-ring (bicyclic) bond motifs is 24. The highest BCUT2D eigenvalue weighted by molar-refractivity contribution is 7.23. The molecule has 22 aromatic carbocycles. The summed E-state index contributed by atoms with van der Waals surface area (Å²) in [6.45, 7) is 0. The second-order valence-corrected chi connectivity index (χ2v) is 38.1. The number of para-hydroxylation sites is 5. The lowest BCUT2D eigenvalue weighted by Gasteiger charge is -2.11. The first kappa shape index (κ1) is 80.2. The Balaban J connectivity index is 0.000000106. The van der Waals surface area contributed by atoms with E-state index in [9.17, 15) is 0 Å². The van der Waals surface area contributed by atoms with Gasteiger partial charge in [0.1, 0.15) is 15.0 Å². The molecule has 644 valence electrons. The summed E-state index contributed by atoms with van der Waals surface area (Å²) in [6, 6.07) is 167. The highest BCUT2D eigenvalue weighted by atomic mass is 32.1. The van der Waals surface area contributed by atoms with Crippen molar-refractivity contribution in [2.24, 2.45) is 0 Å². The van der Waals surface area contributed by atoms with E-state index in [1.165, 1.54) is 178 Å². The van der Waals surface area contributed by atoms with Crippen LogP contribution in [0.1, 0.15) is 0 Å². The summed E-state index contributed by atoms with van der Waals surface area (Å²) in [6.07, 6.45) is 0. The summed E-state index contributed by atoms with van der Waals surface area (Å²) < 4.78 is 10.9. The lowest BCUT2D eigenvalue weighted by atomic mass is 9.96. The van der Waals surface area contributed by atoms with Crippen molar-refractivity contribution >= 4 is 195 Å². The van der Waals surface area contributed by atoms with Crippen LogP contribution >= 0.6 is 34.0 Å². The van der Waals surface area contributed by atoms with Crippen molar-refractivity contribution in [2.75, 3.05) is 0 Å². The van der Waals surface area contributed by atoms with Crippen molar-refractivity contribution < 1.29 is 0 Å². The molecule has 0 radical (unpaired) electrons. The fourth-order valence-corrected chi connectivity index (χ4v) is 24.0. The molecule has 0 N–H and O–H groups in total. The molecule has 0 saturated heterocycles. The first-order chi connectivity index (χ1) is 68.4. The molecule has 0 spiro atoms. The van der Waals surface area contributed by atoms with E-state index < -0.39 is 0 Å². The lowest BCUT2D eigenvalue weighted by Crippen LogP contribution is -2.00. The number of aromatic nitrogens is 9.